The van der Waals surface area contributed by atoms with E-state index in [0.29, 0.717) is 6.54 Å². The molecule has 66 valence electrons. The molecule has 0 amide bonds. The van der Waals surface area contributed by atoms with Gasteiger partial charge in [-0.1, -0.05) is 24.1 Å². The maximum atomic E-state index is 5.76. The number of nitrogens with two attached hydrogens (primary N) is 1. The predicted octanol–water partition coefficient (Wildman–Crippen LogP) is 1.66. The van der Waals surface area contributed by atoms with Crippen molar-refractivity contribution in [1.82, 2.24) is 0 Å². The van der Waals surface area contributed by atoms with Crippen LogP contribution >= 0.6 is 0 Å². The van der Waals surface area contributed by atoms with E-state index >= 15 is 0 Å². The summed E-state index contributed by atoms with van der Waals surface area (Å²) < 4.78 is 0. The minimum Gasteiger partial charge on any atom is -0.330 e. The zero-order chi connectivity index (χ0) is 9.31. The zero-order valence-corrected chi connectivity index (χ0v) is 7.59. The molecule has 0 aromatic heterocycles. The van der Waals surface area contributed by atoms with Gasteiger partial charge in [0.2, 0.25) is 0 Å². The first-order chi connectivity index (χ1) is 6.32. The van der Waals surface area contributed by atoms with Crippen LogP contribution in [0, 0.1) is 12.3 Å². The van der Waals surface area contributed by atoms with E-state index in [1.807, 2.05) is 18.2 Å². The minimum atomic E-state index is 0.211. The molecule has 0 aliphatic heterocycles. The molecule has 1 aliphatic rings. The molecule has 2 N–H and O–H groups in total. The molecule has 2 rings (SSSR count). The molecule has 0 atom stereocenters. The molecule has 0 heterocycles. The third-order valence-electron chi connectivity index (χ3n) is 2.90. The third kappa shape index (κ3) is 1.24. The fourth-order valence-electron chi connectivity index (χ4n) is 1.81. The monoisotopic (exact) mass is 171 g/mol. The van der Waals surface area contributed by atoms with Crippen molar-refractivity contribution < 1.29 is 0 Å². The van der Waals surface area contributed by atoms with Gasteiger partial charge >= 0.3 is 0 Å². The van der Waals surface area contributed by atoms with Crippen molar-refractivity contribution in [3.63, 3.8) is 0 Å². The van der Waals surface area contributed by atoms with Crippen LogP contribution in [-0.2, 0) is 5.41 Å². The summed E-state index contributed by atoms with van der Waals surface area (Å²) in [7, 11) is 0. The standard InChI is InChI=1S/C12H13N/c1-2-10-5-3-4-6-11(10)12(9-13)7-8-12/h1,3-6H,7-9,13H2. The molecule has 0 unspecified atom stereocenters. The molecule has 0 bridgehead atoms. The van der Waals surface area contributed by atoms with Crippen LogP contribution in [0.3, 0.4) is 0 Å². The summed E-state index contributed by atoms with van der Waals surface area (Å²) in [5.41, 5.74) is 8.24. The van der Waals surface area contributed by atoms with Gasteiger partial charge in [0, 0.05) is 17.5 Å². The van der Waals surface area contributed by atoms with E-state index in [4.69, 9.17) is 12.2 Å². The molecule has 13 heavy (non-hydrogen) atoms. The molecule has 0 spiro atoms. The largest absolute Gasteiger partial charge is 0.330 e. The first-order valence-corrected chi connectivity index (χ1v) is 4.58. The van der Waals surface area contributed by atoms with Gasteiger partial charge in [-0.25, -0.2) is 0 Å². The van der Waals surface area contributed by atoms with Crippen molar-refractivity contribution in [3.05, 3.63) is 35.4 Å². The van der Waals surface area contributed by atoms with Gasteiger partial charge in [-0.2, -0.15) is 0 Å². The van der Waals surface area contributed by atoms with Gasteiger partial charge in [0.25, 0.3) is 0 Å². The second-order valence-corrected chi connectivity index (χ2v) is 3.67. The van der Waals surface area contributed by atoms with Crippen molar-refractivity contribution in [2.45, 2.75) is 18.3 Å². The maximum absolute atomic E-state index is 5.76. The van der Waals surface area contributed by atoms with Crippen LogP contribution in [0.1, 0.15) is 24.0 Å². The fraction of sp³-hybridized carbons (Fsp3) is 0.333. The average Bonchev–Trinajstić information content (AvgIpc) is 2.98. The van der Waals surface area contributed by atoms with Crippen molar-refractivity contribution in [2.24, 2.45) is 5.73 Å². The summed E-state index contributed by atoms with van der Waals surface area (Å²) in [6, 6.07) is 8.11. The van der Waals surface area contributed by atoms with E-state index in [1.165, 1.54) is 18.4 Å². The Morgan fingerprint density at radius 2 is 2.08 bits per heavy atom. The van der Waals surface area contributed by atoms with Crippen LogP contribution in [0.25, 0.3) is 0 Å². The molecular weight excluding hydrogens is 158 g/mol. The molecule has 1 heteroatoms. The Morgan fingerprint density at radius 3 is 2.62 bits per heavy atom. The summed E-state index contributed by atoms with van der Waals surface area (Å²) in [5, 5.41) is 0. The lowest BCUT2D eigenvalue weighted by molar-refractivity contribution is 0.703. The van der Waals surface area contributed by atoms with Gasteiger partial charge in [0.1, 0.15) is 0 Å². The van der Waals surface area contributed by atoms with Crippen LogP contribution < -0.4 is 5.73 Å². The highest BCUT2D eigenvalue weighted by Crippen LogP contribution is 2.48. The zero-order valence-electron chi connectivity index (χ0n) is 7.59. The quantitative estimate of drug-likeness (QED) is 0.673. The Morgan fingerprint density at radius 1 is 1.38 bits per heavy atom. The lowest BCUT2D eigenvalue weighted by Gasteiger charge is -2.14. The van der Waals surface area contributed by atoms with E-state index < -0.39 is 0 Å². The maximum Gasteiger partial charge on any atom is 0.0280 e. The van der Waals surface area contributed by atoms with Gasteiger partial charge in [-0.3, -0.25) is 0 Å². The first-order valence-electron chi connectivity index (χ1n) is 4.58. The molecule has 1 saturated carbocycles. The van der Waals surface area contributed by atoms with Crippen molar-refractivity contribution >= 4 is 0 Å². The molecule has 1 nitrogen and oxygen atoms in total. The SMILES string of the molecule is C#Cc1ccccc1C1(CN)CC1. The Kier molecular flexibility index (Phi) is 1.86. The van der Waals surface area contributed by atoms with Crippen molar-refractivity contribution in [3.8, 4) is 12.3 Å². The van der Waals surface area contributed by atoms with E-state index in [9.17, 15) is 0 Å². The van der Waals surface area contributed by atoms with Crippen LogP contribution in [0.2, 0.25) is 0 Å². The molecule has 1 aliphatic carbocycles. The van der Waals surface area contributed by atoms with E-state index in [-0.39, 0.29) is 5.41 Å². The predicted molar refractivity (Wildman–Crippen MR) is 54.3 cm³/mol. The van der Waals surface area contributed by atoms with Crippen molar-refractivity contribution in [1.29, 1.82) is 0 Å². The Balaban J connectivity index is 2.46. The van der Waals surface area contributed by atoms with Crippen molar-refractivity contribution in [2.75, 3.05) is 6.54 Å². The third-order valence-corrected chi connectivity index (χ3v) is 2.90. The summed E-state index contributed by atoms with van der Waals surface area (Å²) in [4.78, 5) is 0. The van der Waals surface area contributed by atoms with E-state index in [0.717, 1.165) is 5.56 Å². The van der Waals surface area contributed by atoms with E-state index in [1.54, 1.807) is 0 Å². The first kappa shape index (κ1) is 8.34. The molecule has 0 radical (unpaired) electrons. The lowest BCUT2D eigenvalue weighted by Crippen LogP contribution is -2.20. The second kappa shape index (κ2) is 2.90. The summed E-state index contributed by atoms with van der Waals surface area (Å²) in [5.74, 6) is 2.72. The van der Waals surface area contributed by atoms with Gasteiger partial charge < -0.3 is 5.73 Å². The second-order valence-electron chi connectivity index (χ2n) is 3.67. The molecule has 1 fully saturated rings. The molecule has 0 saturated heterocycles. The van der Waals surface area contributed by atoms with Gasteiger partial charge in [-0.15, -0.1) is 6.42 Å². The van der Waals surface area contributed by atoms with Crippen LogP contribution in [0.4, 0.5) is 0 Å². The van der Waals surface area contributed by atoms with Crippen LogP contribution in [-0.4, -0.2) is 6.54 Å². The number of terminal acetylenes is 1. The van der Waals surface area contributed by atoms with Gasteiger partial charge in [0.05, 0.1) is 0 Å². The molecule has 1 aromatic rings. The Bertz CT molecular complexity index is 356. The molecular formula is C12H13N. The number of hydrogen-bond acceptors (Lipinski definition) is 1. The molecule has 1 aromatic carbocycles. The average molecular weight is 171 g/mol. The highest BCUT2D eigenvalue weighted by atomic mass is 14.7. The number of rotatable bonds is 2. The topological polar surface area (TPSA) is 26.0 Å². The summed E-state index contributed by atoms with van der Waals surface area (Å²) >= 11 is 0. The number of hydrogen-bond donors (Lipinski definition) is 1. The van der Waals surface area contributed by atoms with Crippen LogP contribution in [0.15, 0.2) is 24.3 Å². The lowest BCUT2D eigenvalue weighted by atomic mass is 9.92. The smallest absolute Gasteiger partial charge is 0.0280 e. The number of benzene rings is 1. The minimum absolute atomic E-state index is 0.211. The summed E-state index contributed by atoms with van der Waals surface area (Å²) in [6.07, 6.45) is 7.80. The van der Waals surface area contributed by atoms with Gasteiger partial charge in [-0.05, 0) is 24.5 Å². The van der Waals surface area contributed by atoms with Crippen LogP contribution in [0.5, 0.6) is 0 Å². The normalized spacial score (nSPS) is 17.8. The summed E-state index contributed by atoms with van der Waals surface area (Å²) in [6.45, 7) is 0.714. The Labute approximate surface area is 79.0 Å². The highest BCUT2D eigenvalue weighted by Gasteiger charge is 2.43. The van der Waals surface area contributed by atoms with E-state index in [2.05, 4.69) is 12.0 Å². The fourth-order valence-corrected chi connectivity index (χ4v) is 1.81. The Hall–Kier alpha value is -1.26. The highest BCUT2D eigenvalue weighted by molar-refractivity contribution is 5.47. The van der Waals surface area contributed by atoms with Gasteiger partial charge in [0.15, 0.2) is 0 Å².